The maximum Gasteiger partial charge on any atom is 0.234 e. The third kappa shape index (κ3) is 6.38. The number of carbonyl (C=O) groups is 1. The van der Waals surface area contributed by atoms with Crippen LogP contribution in [0.25, 0.3) is 0 Å². The van der Waals surface area contributed by atoms with Gasteiger partial charge in [0, 0.05) is 45.7 Å². The van der Waals surface area contributed by atoms with Gasteiger partial charge >= 0.3 is 0 Å². The lowest BCUT2D eigenvalue weighted by molar-refractivity contribution is -0.122. The van der Waals surface area contributed by atoms with E-state index in [0.29, 0.717) is 30.8 Å². The highest BCUT2D eigenvalue weighted by Gasteiger charge is 2.25. The summed E-state index contributed by atoms with van der Waals surface area (Å²) in [5.74, 6) is 2.13. The van der Waals surface area contributed by atoms with Crippen molar-refractivity contribution in [3.63, 3.8) is 0 Å². The van der Waals surface area contributed by atoms with Crippen LogP contribution in [-0.4, -0.2) is 77.1 Å². The van der Waals surface area contributed by atoms with Crippen molar-refractivity contribution in [2.45, 2.75) is 39.3 Å². The molecule has 146 valence electrons. The van der Waals surface area contributed by atoms with Gasteiger partial charge in [-0.25, -0.2) is 4.99 Å². The summed E-state index contributed by atoms with van der Waals surface area (Å²) in [6, 6.07) is 0.426. The maximum atomic E-state index is 11.9. The zero-order chi connectivity index (χ0) is 17.6. The van der Waals surface area contributed by atoms with E-state index in [2.05, 4.69) is 35.6 Å². The molecule has 1 aromatic rings. The SMILES string of the molecule is CCNC(=NCc1noc(C)n1)N1CCN(CC(=O)NC2CC2)CC1.I. The van der Waals surface area contributed by atoms with Gasteiger partial charge in [-0.15, -0.1) is 24.0 Å². The Hall–Kier alpha value is -1.43. The van der Waals surface area contributed by atoms with Crippen LogP contribution in [0.3, 0.4) is 0 Å². The summed E-state index contributed by atoms with van der Waals surface area (Å²) in [6.45, 7) is 8.88. The van der Waals surface area contributed by atoms with E-state index in [1.807, 2.05) is 6.92 Å². The number of aryl methyl sites for hydroxylation is 1. The van der Waals surface area contributed by atoms with Gasteiger partial charge < -0.3 is 20.1 Å². The molecule has 1 saturated carbocycles. The van der Waals surface area contributed by atoms with Crippen LogP contribution < -0.4 is 10.6 Å². The number of carbonyl (C=O) groups excluding carboxylic acids is 1. The lowest BCUT2D eigenvalue weighted by Gasteiger charge is -2.36. The number of hydrogen-bond acceptors (Lipinski definition) is 6. The summed E-state index contributed by atoms with van der Waals surface area (Å²) in [4.78, 5) is 25.1. The van der Waals surface area contributed by atoms with Gasteiger partial charge in [-0.2, -0.15) is 4.98 Å². The number of halogens is 1. The van der Waals surface area contributed by atoms with E-state index in [-0.39, 0.29) is 29.9 Å². The van der Waals surface area contributed by atoms with Gasteiger partial charge in [-0.05, 0) is 19.8 Å². The number of piperazine rings is 1. The lowest BCUT2D eigenvalue weighted by atomic mass is 10.3. The number of hydrogen-bond donors (Lipinski definition) is 2. The highest BCUT2D eigenvalue weighted by molar-refractivity contribution is 14.0. The third-order valence-corrected chi connectivity index (χ3v) is 4.26. The van der Waals surface area contributed by atoms with Gasteiger partial charge in [0.15, 0.2) is 11.8 Å². The van der Waals surface area contributed by atoms with Crippen LogP contribution in [0.2, 0.25) is 0 Å². The first-order valence-electron chi connectivity index (χ1n) is 8.98. The van der Waals surface area contributed by atoms with Gasteiger partial charge in [0.05, 0.1) is 6.54 Å². The molecule has 3 rings (SSSR count). The van der Waals surface area contributed by atoms with Crippen molar-refractivity contribution in [1.82, 2.24) is 30.6 Å². The number of rotatable bonds is 6. The fourth-order valence-corrected chi connectivity index (χ4v) is 2.80. The summed E-state index contributed by atoms with van der Waals surface area (Å²) in [5, 5.41) is 10.2. The molecule has 26 heavy (non-hydrogen) atoms. The third-order valence-electron chi connectivity index (χ3n) is 4.26. The van der Waals surface area contributed by atoms with Gasteiger partial charge in [-0.1, -0.05) is 5.16 Å². The molecule has 0 spiro atoms. The minimum atomic E-state index is 0. The Labute approximate surface area is 171 Å². The second-order valence-corrected chi connectivity index (χ2v) is 6.50. The lowest BCUT2D eigenvalue weighted by Crippen LogP contribution is -2.54. The van der Waals surface area contributed by atoms with Gasteiger partial charge in [0.2, 0.25) is 11.8 Å². The topological polar surface area (TPSA) is 98.9 Å². The van der Waals surface area contributed by atoms with Crippen LogP contribution in [0.4, 0.5) is 0 Å². The molecule has 9 nitrogen and oxygen atoms in total. The predicted molar refractivity (Wildman–Crippen MR) is 108 cm³/mol. The Morgan fingerprint density at radius 3 is 2.62 bits per heavy atom. The van der Waals surface area contributed by atoms with E-state index in [1.54, 1.807) is 6.92 Å². The molecule has 0 aromatic carbocycles. The van der Waals surface area contributed by atoms with Gasteiger partial charge in [0.25, 0.3) is 0 Å². The minimum Gasteiger partial charge on any atom is -0.357 e. The average Bonchev–Trinajstić information content (AvgIpc) is 3.31. The number of guanidine groups is 1. The van der Waals surface area contributed by atoms with Crippen LogP contribution in [0, 0.1) is 6.92 Å². The van der Waals surface area contributed by atoms with E-state index < -0.39 is 0 Å². The van der Waals surface area contributed by atoms with Crippen molar-refractivity contribution in [3.05, 3.63) is 11.7 Å². The Balaban J connectivity index is 0.00000243. The monoisotopic (exact) mass is 477 g/mol. The molecule has 1 aromatic heterocycles. The summed E-state index contributed by atoms with van der Waals surface area (Å²) >= 11 is 0. The molecular weight excluding hydrogens is 449 g/mol. The van der Waals surface area contributed by atoms with Crippen molar-refractivity contribution < 1.29 is 9.32 Å². The Bertz CT molecular complexity index is 609. The van der Waals surface area contributed by atoms with Gasteiger partial charge in [-0.3, -0.25) is 9.69 Å². The second-order valence-electron chi connectivity index (χ2n) is 6.50. The molecule has 1 saturated heterocycles. The van der Waals surface area contributed by atoms with Gasteiger partial charge in [0.1, 0.15) is 6.54 Å². The van der Waals surface area contributed by atoms with Crippen LogP contribution >= 0.6 is 24.0 Å². The number of amides is 1. The van der Waals surface area contributed by atoms with Crippen LogP contribution in [0.5, 0.6) is 0 Å². The smallest absolute Gasteiger partial charge is 0.234 e. The molecule has 0 bridgehead atoms. The second kappa shape index (κ2) is 10.0. The van der Waals surface area contributed by atoms with Crippen molar-refractivity contribution in [2.75, 3.05) is 39.3 Å². The molecule has 2 heterocycles. The first-order chi connectivity index (χ1) is 12.1. The van der Waals surface area contributed by atoms with E-state index >= 15 is 0 Å². The van der Waals surface area contributed by atoms with Crippen LogP contribution in [0.15, 0.2) is 9.52 Å². The summed E-state index contributed by atoms with van der Waals surface area (Å²) in [6.07, 6.45) is 2.25. The molecule has 2 N–H and O–H groups in total. The Morgan fingerprint density at radius 1 is 1.31 bits per heavy atom. The quantitative estimate of drug-likeness (QED) is 0.347. The molecule has 1 aliphatic heterocycles. The molecule has 0 unspecified atom stereocenters. The van der Waals surface area contributed by atoms with Crippen LogP contribution in [-0.2, 0) is 11.3 Å². The van der Waals surface area contributed by atoms with Crippen molar-refractivity contribution in [3.8, 4) is 0 Å². The summed E-state index contributed by atoms with van der Waals surface area (Å²) < 4.78 is 4.98. The highest BCUT2D eigenvalue weighted by atomic mass is 127. The molecule has 2 fully saturated rings. The molecular formula is C16H28IN7O2. The minimum absolute atomic E-state index is 0. The maximum absolute atomic E-state index is 11.9. The molecule has 0 atom stereocenters. The Morgan fingerprint density at radius 2 is 2.04 bits per heavy atom. The molecule has 0 radical (unpaired) electrons. The first kappa shape index (κ1) is 20.9. The number of aliphatic imine (C=N–C) groups is 1. The normalized spacial score (nSPS) is 18.4. The molecule has 10 heteroatoms. The molecule has 1 aliphatic carbocycles. The van der Waals surface area contributed by atoms with E-state index in [0.717, 1.165) is 51.5 Å². The fraction of sp³-hybridized carbons (Fsp3) is 0.750. The number of nitrogens with one attached hydrogen (secondary N) is 2. The van der Waals surface area contributed by atoms with E-state index in [4.69, 9.17) is 4.52 Å². The van der Waals surface area contributed by atoms with E-state index in [9.17, 15) is 4.79 Å². The largest absolute Gasteiger partial charge is 0.357 e. The van der Waals surface area contributed by atoms with Crippen molar-refractivity contribution in [1.29, 1.82) is 0 Å². The zero-order valence-electron chi connectivity index (χ0n) is 15.4. The predicted octanol–water partition coefficient (Wildman–Crippen LogP) is 0.358. The first-order valence-corrected chi connectivity index (χ1v) is 8.98. The summed E-state index contributed by atoms with van der Waals surface area (Å²) in [7, 11) is 0. The number of nitrogens with zero attached hydrogens (tertiary/aromatic N) is 5. The zero-order valence-corrected chi connectivity index (χ0v) is 17.7. The molecule has 1 amide bonds. The highest BCUT2D eigenvalue weighted by Crippen LogP contribution is 2.18. The average molecular weight is 477 g/mol. The summed E-state index contributed by atoms with van der Waals surface area (Å²) in [5.41, 5.74) is 0. The van der Waals surface area contributed by atoms with Crippen molar-refractivity contribution in [2.24, 2.45) is 4.99 Å². The van der Waals surface area contributed by atoms with Crippen LogP contribution in [0.1, 0.15) is 31.5 Å². The van der Waals surface area contributed by atoms with Crippen molar-refractivity contribution >= 4 is 35.8 Å². The van der Waals surface area contributed by atoms with E-state index in [1.165, 1.54) is 0 Å². The fourth-order valence-electron chi connectivity index (χ4n) is 2.80. The number of aromatic nitrogens is 2. The standard InChI is InChI=1S/C16H27N7O2.HI/c1-3-17-16(18-10-14-19-12(2)25-21-14)23-8-6-22(7-9-23)11-15(24)20-13-4-5-13;/h13H,3-11H2,1-2H3,(H,17,18)(H,20,24);1H. The molecule has 2 aliphatic rings. The Kier molecular flexibility index (Phi) is 8.07.